The molecule has 0 radical (unpaired) electrons. The average molecular weight is 471 g/mol. The van der Waals surface area contributed by atoms with Crippen molar-refractivity contribution in [2.45, 2.75) is 32.7 Å². The summed E-state index contributed by atoms with van der Waals surface area (Å²) in [6.07, 6.45) is -5.54. The monoisotopic (exact) mass is 471 g/mol. The van der Waals surface area contributed by atoms with Crippen molar-refractivity contribution < 1.29 is 42.0 Å². The molecule has 1 amide bonds. The zero-order chi connectivity index (χ0) is 24.6. The molecule has 0 aliphatic rings. The van der Waals surface area contributed by atoms with Crippen LogP contribution in [-0.4, -0.2) is 50.7 Å². The van der Waals surface area contributed by atoms with E-state index < -0.39 is 30.2 Å². The highest BCUT2D eigenvalue weighted by Crippen LogP contribution is 2.28. The van der Waals surface area contributed by atoms with Gasteiger partial charge in [-0.3, -0.25) is 4.79 Å². The van der Waals surface area contributed by atoms with Gasteiger partial charge in [-0.05, 0) is 36.4 Å². The van der Waals surface area contributed by atoms with Gasteiger partial charge in [-0.25, -0.2) is 0 Å². The lowest BCUT2D eigenvalue weighted by Gasteiger charge is -2.32. The second-order valence-electron chi connectivity index (χ2n) is 7.92. The van der Waals surface area contributed by atoms with Crippen molar-refractivity contribution in [3.05, 3.63) is 48.0 Å². The van der Waals surface area contributed by atoms with Gasteiger partial charge in [0.2, 0.25) is 0 Å². The first-order valence-corrected chi connectivity index (χ1v) is 10.0. The molecule has 0 aliphatic heterocycles. The van der Waals surface area contributed by atoms with Gasteiger partial charge in [0.25, 0.3) is 5.91 Å². The number of methoxy groups -OCH3 is 2. The van der Waals surface area contributed by atoms with Gasteiger partial charge in [0, 0.05) is 23.6 Å². The molecule has 2 N–H and O–H groups in total. The van der Waals surface area contributed by atoms with Crippen molar-refractivity contribution in [3.8, 4) is 23.0 Å². The Balaban J connectivity index is 2.11. The first kappa shape index (κ1) is 26.1. The SMILES string of the molecule is COc1ccc(CNC(=O)C(Oc2ccc(OCC(F)(F)F)cc2)C(C)(C)CO)c(OC)c1. The Morgan fingerprint density at radius 2 is 1.61 bits per heavy atom. The second-order valence-corrected chi connectivity index (χ2v) is 7.92. The summed E-state index contributed by atoms with van der Waals surface area (Å²) < 4.78 is 57.9. The summed E-state index contributed by atoms with van der Waals surface area (Å²) in [5.41, 5.74) is -0.252. The normalized spacial score (nSPS) is 12.6. The summed E-state index contributed by atoms with van der Waals surface area (Å²) in [5, 5.41) is 12.6. The molecule has 0 saturated heterocycles. The summed E-state index contributed by atoms with van der Waals surface area (Å²) >= 11 is 0. The number of ether oxygens (including phenoxy) is 4. The molecule has 7 nitrogen and oxygen atoms in total. The van der Waals surface area contributed by atoms with Gasteiger partial charge in [-0.1, -0.05) is 13.8 Å². The molecule has 0 heterocycles. The molecule has 2 rings (SSSR count). The number of hydrogen-bond donors (Lipinski definition) is 2. The van der Waals surface area contributed by atoms with Crippen molar-refractivity contribution in [2.75, 3.05) is 27.4 Å². The Morgan fingerprint density at radius 1 is 1.00 bits per heavy atom. The molecule has 1 atom stereocenters. The summed E-state index contributed by atoms with van der Waals surface area (Å²) in [4.78, 5) is 13.0. The Labute approximate surface area is 190 Å². The Kier molecular flexibility index (Phi) is 8.81. The lowest BCUT2D eigenvalue weighted by atomic mass is 9.86. The third-order valence-corrected chi connectivity index (χ3v) is 4.78. The van der Waals surface area contributed by atoms with E-state index in [0.29, 0.717) is 17.1 Å². The van der Waals surface area contributed by atoms with Crippen molar-refractivity contribution in [1.29, 1.82) is 0 Å². The number of carbonyl (C=O) groups excluding carboxylic acids is 1. The van der Waals surface area contributed by atoms with E-state index in [1.807, 2.05) is 0 Å². The van der Waals surface area contributed by atoms with Crippen LogP contribution in [0, 0.1) is 5.41 Å². The van der Waals surface area contributed by atoms with E-state index in [-0.39, 0.29) is 24.7 Å². The number of aliphatic hydroxyl groups is 1. The zero-order valence-corrected chi connectivity index (χ0v) is 18.9. The van der Waals surface area contributed by atoms with Crippen molar-refractivity contribution >= 4 is 5.91 Å². The minimum absolute atomic E-state index is 0.00805. The highest BCUT2D eigenvalue weighted by molar-refractivity contribution is 5.82. The number of benzene rings is 2. The molecule has 0 spiro atoms. The number of halogens is 3. The van der Waals surface area contributed by atoms with Crippen LogP contribution in [0.5, 0.6) is 23.0 Å². The minimum atomic E-state index is -4.45. The van der Waals surface area contributed by atoms with Crippen molar-refractivity contribution in [3.63, 3.8) is 0 Å². The lowest BCUT2D eigenvalue weighted by molar-refractivity contribution is -0.153. The molecule has 0 aliphatic carbocycles. The Bertz CT molecular complexity index is 915. The van der Waals surface area contributed by atoms with Crippen LogP contribution < -0.4 is 24.3 Å². The fourth-order valence-electron chi connectivity index (χ4n) is 2.84. The molecule has 2 aromatic carbocycles. The predicted octanol–water partition coefficient (Wildman–Crippen LogP) is 3.73. The van der Waals surface area contributed by atoms with E-state index >= 15 is 0 Å². The van der Waals surface area contributed by atoms with Crippen LogP contribution >= 0.6 is 0 Å². The molecule has 2 aromatic rings. The van der Waals surface area contributed by atoms with Crippen LogP contribution in [0.1, 0.15) is 19.4 Å². The first-order chi connectivity index (χ1) is 15.5. The zero-order valence-electron chi connectivity index (χ0n) is 18.9. The average Bonchev–Trinajstić information content (AvgIpc) is 2.79. The fraction of sp³-hybridized carbons (Fsp3) is 0.435. The van der Waals surface area contributed by atoms with E-state index in [4.69, 9.17) is 14.2 Å². The highest BCUT2D eigenvalue weighted by atomic mass is 19.4. The number of nitrogens with one attached hydrogen (secondary N) is 1. The summed E-state index contributed by atoms with van der Waals surface area (Å²) in [6.45, 7) is 1.70. The maximum absolute atomic E-state index is 13.0. The number of rotatable bonds is 11. The number of aliphatic hydroxyl groups excluding tert-OH is 1. The second kappa shape index (κ2) is 11.1. The lowest BCUT2D eigenvalue weighted by Crippen LogP contribution is -2.49. The number of amides is 1. The van der Waals surface area contributed by atoms with Crippen LogP contribution in [0.4, 0.5) is 13.2 Å². The molecule has 10 heteroatoms. The largest absolute Gasteiger partial charge is 0.497 e. The van der Waals surface area contributed by atoms with Gasteiger partial charge in [0.1, 0.15) is 23.0 Å². The molecule has 0 aromatic heterocycles. The molecule has 33 heavy (non-hydrogen) atoms. The quantitative estimate of drug-likeness (QED) is 0.520. The molecule has 0 fully saturated rings. The number of hydrogen-bond acceptors (Lipinski definition) is 6. The van der Waals surface area contributed by atoms with Crippen LogP contribution in [0.3, 0.4) is 0 Å². The predicted molar refractivity (Wildman–Crippen MR) is 115 cm³/mol. The van der Waals surface area contributed by atoms with Crippen molar-refractivity contribution in [2.24, 2.45) is 5.41 Å². The smallest absolute Gasteiger partial charge is 0.422 e. The van der Waals surface area contributed by atoms with E-state index in [1.165, 1.54) is 38.5 Å². The van der Waals surface area contributed by atoms with Crippen molar-refractivity contribution in [1.82, 2.24) is 5.32 Å². The molecule has 1 unspecified atom stereocenters. The van der Waals surface area contributed by atoms with Crippen LogP contribution in [0.25, 0.3) is 0 Å². The third-order valence-electron chi connectivity index (χ3n) is 4.78. The van der Waals surface area contributed by atoms with Gasteiger partial charge in [0.05, 0.1) is 20.8 Å². The maximum atomic E-state index is 13.0. The van der Waals surface area contributed by atoms with Gasteiger partial charge < -0.3 is 29.4 Å². The molecule has 0 bridgehead atoms. The number of alkyl halides is 3. The molecular formula is C23H28F3NO6. The Hall–Kier alpha value is -3.14. The van der Waals surface area contributed by atoms with E-state index in [1.54, 1.807) is 32.0 Å². The fourth-order valence-corrected chi connectivity index (χ4v) is 2.84. The summed E-state index contributed by atoms with van der Waals surface area (Å²) in [5.74, 6) is 0.895. The van der Waals surface area contributed by atoms with E-state index in [0.717, 1.165) is 0 Å². The Morgan fingerprint density at radius 3 is 2.15 bits per heavy atom. The topological polar surface area (TPSA) is 86.3 Å². The standard InChI is InChI=1S/C23H28F3NO6/c1-22(2,13-28)20(33-17-9-7-16(8-10-17)32-14-23(24,25)26)21(29)27-12-15-5-6-18(30-3)11-19(15)31-4/h5-11,20,28H,12-14H2,1-4H3,(H,27,29). The minimum Gasteiger partial charge on any atom is -0.497 e. The molecular weight excluding hydrogens is 443 g/mol. The van der Waals surface area contributed by atoms with E-state index in [2.05, 4.69) is 10.1 Å². The summed E-state index contributed by atoms with van der Waals surface area (Å²) in [6, 6.07) is 10.6. The van der Waals surface area contributed by atoms with Gasteiger partial charge in [-0.2, -0.15) is 13.2 Å². The van der Waals surface area contributed by atoms with Gasteiger partial charge in [-0.15, -0.1) is 0 Å². The maximum Gasteiger partial charge on any atom is 0.422 e. The summed E-state index contributed by atoms with van der Waals surface area (Å²) in [7, 11) is 3.03. The van der Waals surface area contributed by atoms with Gasteiger partial charge >= 0.3 is 6.18 Å². The highest BCUT2D eigenvalue weighted by Gasteiger charge is 2.37. The van der Waals surface area contributed by atoms with Crippen LogP contribution in [-0.2, 0) is 11.3 Å². The first-order valence-electron chi connectivity index (χ1n) is 10.0. The molecule has 182 valence electrons. The number of carbonyl (C=O) groups is 1. The third kappa shape index (κ3) is 7.74. The van der Waals surface area contributed by atoms with E-state index in [9.17, 15) is 23.1 Å². The van der Waals surface area contributed by atoms with Gasteiger partial charge in [0.15, 0.2) is 12.7 Å². The molecule has 0 saturated carbocycles. The van der Waals surface area contributed by atoms with Crippen LogP contribution in [0.15, 0.2) is 42.5 Å². The van der Waals surface area contributed by atoms with Crippen LogP contribution in [0.2, 0.25) is 0 Å².